The number of rotatable bonds is 8. The highest BCUT2D eigenvalue weighted by atomic mass is 35.5. The maximum Gasteiger partial charge on any atom is 0.337 e. The van der Waals surface area contributed by atoms with Crippen LogP contribution < -0.4 is 9.46 Å². The Labute approximate surface area is 173 Å². The van der Waals surface area contributed by atoms with E-state index in [2.05, 4.69) is 4.72 Å². The standard InChI is InChI=1S/C21H18ClNO5S/c22-20-12-18(10-11-19(20)21(24)25)29(26,27)23-13-15-6-8-17(9-7-15)28-14-16-4-2-1-3-5-16/h1-12,23H,13-14H2,(H,24,25). The van der Waals surface area contributed by atoms with Gasteiger partial charge in [-0.05, 0) is 41.5 Å². The van der Waals surface area contributed by atoms with Crippen molar-refractivity contribution in [3.63, 3.8) is 0 Å². The van der Waals surface area contributed by atoms with Crippen LogP contribution in [-0.4, -0.2) is 19.5 Å². The van der Waals surface area contributed by atoms with Gasteiger partial charge in [0.15, 0.2) is 0 Å². The van der Waals surface area contributed by atoms with E-state index in [0.717, 1.165) is 23.3 Å². The predicted octanol–water partition coefficient (Wildman–Crippen LogP) is 4.10. The number of ether oxygens (including phenoxy) is 1. The first-order chi connectivity index (χ1) is 13.8. The van der Waals surface area contributed by atoms with Gasteiger partial charge in [0.1, 0.15) is 12.4 Å². The molecule has 3 aromatic rings. The summed E-state index contributed by atoms with van der Waals surface area (Å²) in [6.45, 7) is 0.513. The maximum atomic E-state index is 12.4. The van der Waals surface area contributed by atoms with Crippen LogP contribution in [0.1, 0.15) is 21.5 Å². The topological polar surface area (TPSA) is 92.7 Å². The van der Waals surface area contributed by atoms with E-state index in [1.54, 1.807) is 24.3 Å². The molecule has 0 radical (unpaired) electrons. The van der Waals surface area contributed by atoms with Crippen LogP contribution in [0.5, 0.6) is 5.75 Å². The molecule has 8 heteroatoms. The molecule has 0 saturated carbocycles. The van der Waals surface area contributed by atoms with Gasteiger partial charge in [0.05, 0.1) is 15.5 Å². The van der Waals surface area contributed by atoms with Crippen LogP contribution in [0.15, 0.2) is 77.7 Å². The zero-order valence-corrected chi connectivity index (χ0v) is 16.8. The lowest BCUT2D eigenvalue weighted by Crippen LogP contribution is -2.23. The molecule has 0 heterocycles. The lowest BCUT2D eigenvalue weighted by Gasteiger charge is -2.10. The Morgan fingerprint density at radius 2 is 1.66 bits per heavy atom. The van der Waals surface area contributed by atoms with E-state index in [4.69, 9.17) is 21.4 Å². The molecule has 150 valence electrons. The third-order valence-electron chi connectivity index (χ3n) is 4.12. The highest BCUT2D eigenvalue weighted by Crippen LogP contribution is 2.21. The Hall–Kier alpha value is -2.87. The lowest BCUT2D eigenvalue weighted by atomic mass is 10.2. The van der Waals surface area contributed by atoms with Crippen molar-refractivity contribution in [1.29, 1.82) is 0 Å². The second-order valence-electron chi connectivity index (χ2n) is 6.19. The summed E-state index contributed by atoms with van der Waals surface area (Å²) in [5, 5.41) is 8.84. The van der Waals surface area contributed by atoms with Gasteiger partial charge in [0.25, 0.3) is 0 Å². The Bertz CT molecular complexity index is 1100. The van der Waals surface area contributed by atoms with Gasteiger partial charge in [-0.25, -0.2) is 17.9 Å². The van der Waals surface area contributed by atoms with E-state index >= 15 is 0 Å². The normalized spacial score (nSPS) is 11.2. The number of nitrogens with one attached hydrogen (secondary N) is 1. The zero-order valence-electron chi connectivity index (χ0n) is 15.2. The van der Waals surface area contributed by atoms with Gasteiger partial charge in [-0.15, -0.1) is 0 Å². The maximum absolute atomic E-state index is 12.4. The van der Waals surface area contributed by atoms with Gasteiger partial charge >= 0.3 is 5.97 Å². The van der Waals surface area contributed by atoms with Crippen LogP contribution in [0, 0.1) is 0 Å². The number of sulfonamides is 1. The molecule has 0 atom stereocenters. The van der Waals surface area contributed by atoms with Crippen LogP contribution in [0.2, 0.25) is 5.02 Å². The number of benzene rings is 3. The van der Waals surface area contributed by atoms with Crippen LogP contribution in [-0.2, 0) is 23.2 Å². The molecular weight excluding hydrogens is 414 g/mol. The summed E-state index contributed by atoms with van der Waals surface area (Å²) in [6, 6.07) is 20.3. The Morgan fingerprint density at radius 3 is 2.28 bits per heavy atom. The van der Waals surface area contributed by atoms with Crippen LogP contribution in [0.4, 0.5) is 0 Å². The fourth-order valence-electron chi connectivity index (χ4n) is 2.54. The highest BCUT2D eigenvalue weighted by molar-refractivity contribution is 7.89. The fraction of sp³-hybridized carbons (Fsp3) is 0.0952. The second kappa shape index (κ2) is 9.09. The Morgan fingerprint density at radius 1 is 0.966 bits per heavy atom. The smallest absolute Gasteiger partial charge is 0.337 e. The minimum absolute atomic E-state index is 0.0690. The summed E-state index contributed by atoms with van der Waals surface area (Å²) in [5.74, 6) is -0.544. The fourth-order valence-corrected chi connectivity index (χ4v) is 3.91. The van der Waals surface area contributed by atoms with E-state index < -0.39 is 16.0 Å². The third-order valence-corrected chi connectivity index (χ3v) is 5.83. The Balaban J connectivity index is 1.60. The summed E-state index contributed by atoms with van der Waals surface area (Å²) < 4.78 is 33.0. The number of carbonyl (C=O) groups is 1. The highest BCUT2D eigenvalue weighted by Gasteiger charge is 2.17. The molecule has 0 spiro atoms. The molecule has 3 rings (SSSR count). The lowest BCUT2D eigenvalue weighted by molar-refractivity contribution is 0.0697. The molecule has 29 heavy (non-hydrogen) atoms. The monoisotopic (exact) mass is 431 g/mol. The molecule has 0 amide bonds. The number of hydrogen-bond acceptors (Lipinski definition) is 4. The average Bonchev–Trinajstić information content (AvgIpc) is 2.72. The van der Waals surface area contributed by atoms with Crippen LogP contribution in [0.25, 0.3) is 0 Å². The van der Waals surface area contributed by atoms with E-state index in [1.807, 2.05) is 30.3 Å². The molecule has 0 fully saturated rings. The molecule has 3 aromatic carbocycles. The van der Waals surface area contributed by atoms with Crippen molar-refractivity contribution in [2.24, 2.45) is 0 Å². The van der Waals surface area contributed by atoms with Gasteiger partial charge in [-0.2, -0.15) is 0 Å². The molecule has 0 aliphatic carbocycles. The number of carboxylic acid groups (broad SMARTS) is 1. The second-order valence-corrected chi connectivity index (χ2v) is 8.36. The molecule has 0 bridgehead atoms. The third kappa shape index (κ3) is 5.57. The van der Waals surface area contributed by atoms with Crippen LogP contribution in [0.3, 0.4) is 0 Å². The molecule has 0 aliphatic heterocycles. The molecular formula is C21H18ClNO5S. The molecule has 0 unspecified atom stereocenters. The van der Waals surface area contributed by atoms with E-state index in [0.29, 0.717) is 12.4 Å². The number of carboxylic acids is 1. The molecule has 0 saturated heterocycles. The van der Waals surface area contributed by atoms with Crippen molar-refractivity contribution >= 4 is 27.6 Å². The first-order valence-electron chi connectivity index (χ1n) is 8.63. The summed E-state index contributed by atoms with van der Waals surface area (Å²) in [7, 11) is -3.84. The molecule has 2 N–H and O–H groups in total. The SMILES string of the molecule is O=C(O)c1ccc(S(=O)(=O)NCc2ccc(OCc3ccccc3)cc2)cc1Cl. The zero-order chi connectivity index (χ0) is 20.9. The van der Waals surface area contributed by atoms with Gasteiger partial charge < -0.3 is 9.84 Å². The van der Waals surface area contributed by atoms with Crippen molar-refractivity contribution in [2.75, 3.05) is 0 Å². The quantitative estimate of drug-likeness (QED) is 0.560. The molecule has 0 aliphatic rings. The van der Waals surface area contributed by atoms with Gasteiger partial charge in [0, 0.05) is 6.54 Å². The van der Waals surface area contributed by atoms with E-state index in [1.165, 1.54) is 6.07 Å². The summed E-state index contributed by atoms with van der Waals surface area (Å²) >= 11 is 5.85. The average molecular weight is 432 g/mol. The largest absolute Gasteiger partial charge is 0.489 e. The number of aromatic carboxylic acids is 1. The first kappa shape index (κ1) is 20.9. The number of hydrogen-bond donors (Lipinski definition) is 2. The number of halogens is 1. The summed E-state index contributed by atoms with van der Waals surface area (Å²) in [6.07, 6.45) is 0. The van der Waals surface area contributed by atoms with Crippen molar-refractivity contribution in [1.82, 2.24) is 4.72 Å². The Kier molecular flexibility index (Phi) is 6.53. The van der Waals surface area contributed by atoms with Crippen molar-refractivity contribution in [3.8, 4) is 5.75 Å². The minimum Gasteiger partial charge on any atom is -0.489 e. The minimum atomic E-state index is -3.84. The summed E-state index contributed by atoms with van der Waals surface area (Å²) in [4.78, 5) is 10.9. The summed E-state index contributed by atoms with van der Waals surface area (Å²) in [5.41, 5.74) is 1.64. The van der Waals surface area contributed by atoms with E-state index in [-0.39, 0.29) is 22.0 Å². The van der Waals surface area contributed by atoms with Crippen molar-refractivity contribution < 1.29 is 23.1 Å². The molecule has 6 nitrogen and oxygen atoms in total. The van der Waals surface area contributed by atoms with Gasteiger partial charge in [-0.1, -0.05) is 54.1 Å². The van der Waals surface area contributed by atoms with Gasteiger partial charge in [-0.3, -0.25) is 0 Å². The predicted molar refractivity (Wildman–Crippen MR) is 110 cm³/mol. The van der Waals surface area contributed by atoms with Crippen LogP contribution >= 0.6 is 11.6 Å². The van der Waals surface area contributed by atoms with Crippen molar-refractivity contribution in [2.45, 2.75) is 18.0 Å². The van der Waals surface area contributed by atoms with Gasteiger partial charge in [0.2, 0.25) is 10.0 Å². The molecule has 0 aromatic heterocycles. The van der Waals surface area contributed by atoms with E-state index in [9.17, 15) is 13.2 Å². The first-order valence-corrected chi connectivity index (χ1v) is 10.5. The van der Waals surface area contributed by atoms with Crippen molar-refractivity contribution in [3.05, 3.63) is 94.5 Å².